The summed E-state index contributed by atoms with van der Waals surface area (Å²) in [5.74, 6) is 0. The molecule has 8 heteroatoms. The van der Waals surface area contributed by atoms with E-state index < -0.39 is 29.9 Å². The highest BCUT2D eigenvalue weighted by Crippen LogP contribution is 2.38. The van der Waals surface area contributed by atoms with E-state index in [2.05, 4.69) is 6.58 Å². The van der Waals surface area contributed by atoms with Crippen LogP contribution in [0.25, 0.3) is 16.0 Å². The first-order valence-corrected chi connectivity index (χ1v) is 9.84. The molecule has 162 valence electrons. The van der Waals surface area contributed by atoms with E-state index in [1.165, 1.54) is 11.8 Å². The Morgan fingerprint density at radius 2 is 1.48 bits per heavy atom. The second-order valence-electron chi connectivity index (χ2n) is 6.85. The third-order valence-corrected chi connectivity index (χ3v) is 5.49. The molecule has 0 aromatic heterocycles. The van der Waals surface area contributed by atoms with Gasteiger partial charge >= 0.3 is 12.4 Å². The summed E-state index contributed by atoms with van der Waals surface area (Å²) in [5.41, 5.74) is 6.10. The zero-order valence-corrected chi connectivity index (χ0v) is 16.8. The Kier molecular flexibility index (Phi) is 6.40. The lowest BCUT2D eigenvalue weighted by Crippen LogP contribution is -2.13. The van der Waals surface area contributed by atoms with Crippen molar-refractivity contribution in [1.29, 1.82) is 0 Å². The van der Waals surface area contributed by atoms with E-state index in [4.69, 9.17) is 5.73 Å². The minimum absolute atomic E-state index is 0.0613. The SMILES string of the molecule is C=C(Sc1ccccc1N)c1ccc(-c2cc(CC(F)(F)F)cc(C(F)(F)F)c2)cc1. The van der Waals surface area contributed by atoms with Crippen LogP contribution < -0.4 is 5.73 Å². The van der Waals surface area contributed by atoms with Crippen LogP contribution in [0.5, 0.6) is 0 Å². The molecule has 0 aliphatic carbocycles. The van der Waals surface area contributed by atoms with Gasteiger partial charge in [-0.2, -0.15) is 26.3 Å². The van der Waals surface area contributed by atoms with Crippen molar-refractivity contribution in [3.05, 3.63) is 90.0 Å². The topological polar surface area (TPSA) is 26.0 Å². The molecular weight excluding hydrogens is 436 g/mol. The van der Waals surface area contributed by atoms with Gasteiger partial charge in [0.2, 0.25) is 0 Å². The number of halogens is 6. The minimum Gasteiger partial charge on any atom is -0.398 e. The second-order valence-corrected chi connectivity index (χ2v) is 7.99. The molecule has 0 aliphatic rings. The van der Waals surface area contributed by atoms with Crippen LogP contribution in [0.4, 0.5) is 32.0 Å². The summed E-state index contributed by atoms with van der Waals surface area (Å²) in [6, 6.07) is 16.2. The van der Waals surface area contributed by atoms with Gasteiger partial charge in [-0.25, -0.2) is 0 Å². The van der Waals surface area contributed by atoms with Crippen LogP contribution >= 0.6 is 11.8 Å². The minimum atomic E-state index is -4.75. The molecule has 3 aromatic carbocycles. The van der Waals surface area contributed by atoms with Gasteiger partial charge in [-0.15, -0.1) is 0 Å². The van der Waals surface area contributed by atoms with Crippen LogP contribution in [-0.2, 0) is 12.6 Å². The first kappa shape index (κ1) is 22.8. The van der Waals surface area contributed by atoms with Crippen molar-refractivity contribution in [2.45, 2.75) is 23.7 Å². The van der Waals surface area contributed by atoms with Gasteiger partial charge in [-0.3, -0.25) is 0 Å². The molecular formula is C23H17F6NS. The highest BCUT2D eigenvalue weighted by molar-refractivity contribution is 8.08. The van der Waals surface area contributed by atoms with Gasteiger partial charge in [0, 0.05) is 15.5 Å². The number of benzene rings is 3. The number of nitrogens with two attached hydrogens (primary N) is 1. The highest BCUT2D eigenvalue weighted by Gasteiger charge is 2.33. The summed E-state index contributed by atoms with van der Waals surface area (Å²) < 4.78 is 77.9. The standard InChI is InChI=1S/C23H17F6NS/c1-14(31-21-5-3-2-4-20(21)30)16-6-8-17(9-7-16)18-10-15(13-22(24,25)26)11-19(12-18)23(27,28)29/h2-12H,1,13,30H2. The molecule has 0 radical (unpaired) electrons. The zero-order valence-electron chi connectivity index (χ0n) is 16.0. The molecule has 0 aliphatic heterocycles. The number of hydrogen-bond donors (Lipinski definition) is 1. The van der Waals surface area contributed by atoms with Gasteiger partial charge in [0.15, 0.2) is 0 Å². The number of nitrogen functional groups attached to an aromatic ring is 1. The van der Waals surface area contributed by atoms with Gasteiger partial charge < -0.3 is 5.73 Å². The van der Waals surface area contributed by atoms with Crippen molar-refractivity contribution in [2.75, 3.05) is 5.73 Å². The van der Waals surface area contributed by atoms with Gasteiger partial charge in [-0.1, -0.05) is 60.8 Å². The third-order valence-electron chi connectivity index (χ3n) is 4.42. The largest absolute Gasteiger partial charge is 0.416 e. The molecule has 0 fully saturated rings. The van der Waals surface area contributed by atoms with E-state index in [9.17, 15) is 26.3 Å². The van der Waals surface area contributed by atoms with Gasteiger partial charge in [0.05, 0.1) is 12.0 Å². The molecule has 0 unspecified atom stereocenters. The molecule has 0 heterocycles. The monoisotopic (exact) mass is 453 g/mol. The fourth-order valence-electron chi connectivity index (χ4n) is 2.97. The zero-order chi connectivity index (χ0) is 22.8. The number of hydrogen-bond acceptors (Lipinski definition) is 2. The molecule has 3 rings (SSSR count). The fraction of sp³-hybridized carbons (Fsp3) is 0.130. The smallest absolute Gasteiger partial charge is 0.398 e. The van der Waals surface area contributed by atoms with Crippen LogP contribution in [0.15, 0.2) is 78.2 Å². The Balaban J connectivity index is 1.90. The lowest BCUT2D eigenvalue weighted by molar-refractivity contribution is -0.138. The molecule has 31 heavy (non-hydrogen) atoms. The Morgan fingerprint density at radius 1 is 0.839 bits per heavy atom. The summed E-state index contributed by atoms with van der Waals surface area (Å²) in [6.45, 7) is 4.00. The van der Waals surface area contributed by atoms with Crippen LogP contribution in [0.2, 0.25) is 0 Å². The molecule has 0 saturated heterocycles. The van der Waals surface area contributed by atoms with E-state index in [1.54, 1.807) is 36.4 Å². The van der Waals surface area contributed by atoms with Crippen molar-refractivity contribution in [3.8, 4) is 11.1 Å². The summed E-state index contributed by atoms with van der Waals surface area (Å²) in [5, 5.41) is 0. The Bertz CT molecular complexity index is 1080. The predicted molar refractivity (Wildman–Crippen MR) is 112 cm³/mol. The lowest BCUT2D eigenvalue weighted by Gasteiger charge is -2.14. The summed E-state index contributed by atoms with van der Waals surface area (Å²) in [7, 11) is 0. The van der Waals surface area contributed by atoms with Crippen LogP contribution in [-0.4, -0.2) is 6.18 Å². The van der Waals surface area contributed by atoms with Gasteiger partial charge in [0.25, 0.3) is 0 Å². The van der Waals surface area contributed by atoms with E-state index in [0.717, 1.165) is 22.6 Å². The molecule has 2 N–H and O–H groups in total. The summed E-state index contributed by atoms with van der Waals surface area (Å²) in [6.07, 6.45) is -10.8. The van der Waals surface area contributed by atoms with Crippen LogP contribution in [0.1, 0.15) is 16.7 Å². The highest BCUT2D eigenvalue weighted by atomic mass is 32.2. The maximum absolute atomic E-state index is 13.2. The summed E-state index contributed by atoms with van der Waals surface area (Å²) >= 11 is 1.35. The van der Waals surface area contributed by atoms with Crippen LogP contribution in [0.3, 0.4) is 0 Å². The molecule has 0 amide bonds. The van der Waals surface area contributed by atoms with Crippen molar-refractivity contribution in [2.24, 2.45) is 0 Å². The number of anilines is 1. The average Bonchev–Trinajstić information content (AvgIpc) is 2.67. The summed E-state index contributed by atoms with van der Waals surface area (Å²) in [4.78, 5) is 1.48. The predicted octanol–water partition coefficient (Wildman–Crippen LogP) is 7.82. The maximum atomic E-state index is 13.2. The second kappa shape index (κ2) is 8.70. The lowest BCUT2D eigenvalue weighted by atomic mass is 9.97. The third kappa shape index (κ3) is 6.07. The Labute approximate surface area is 179 Å². The number of rotatable bonds is 5. The first-order chi connectivity index (χ1) is 14.4. The van der Waals surface area contributed by atoms with E-state index in [0.29, 0.717) is 22.2 Å². The van der Waals surface area contributed by atoms with Gasteiger partial charge in [-0.05, 0) is 46.5 Å². The molecule has 0 bridgehead atoms. The molecule has 0 atom stereocenters. The Morgan fingerprint density at radius 3 is 2.06 bits per heavy atom. The van der Waals surface area contributed by atoms with E-state index >= 15 is 0 Å². The van der Waals surface area contributed by atoms with Crippen molar-refractivity contribution < 1.29 is 26.3 Å². The van der Waals surface area contributed by atoms with Gasteiger partial charge in [0.1, 0.15) is 0 Å². The van der Waals surface area contributed by atoms with Crippen LogP contribution in [0, 0.1) is 0 Å². The number of alkyl halides is 6. The van der Waals surface area contributed by atoms with Crippen molar-refractivity contribution >= 4 is 22.4 Å². The quantitative estimate of drug-likeness (QED) is 0.242. The Hall–Kier alpha value is -2.87. The number of para-hydroxylation sites is 1. The van der Waals surface area contributed by atoms with Crippen molar-refractivity contribution in [1.82, 2.24) is 0 Å². The normalized spacial score (nSPS) is 12.1. The molecule has 0 spiro atoms. The van der Waals surface area contributed by atoms with Crippen molar-refractivity contribution in [3.63, 3.8) is 0 Å². The fourth-order valence-corrected chi connectivity index (χ4v) is 3.82. The average molecular weight is 453 g/mol. The van der Waals surface area contributed by atoms with E-state index in [1.807, 2.05) is 12.1 Å². The molecule has 0 saturated carbocycles. The molecule has 1 nitrogen and oxygen atoms in total. The first-order valence-electron chi connectivity index (χ1n) is 9.02. The van der Waals surface area contributed by atoms with E-state index in [-0.39, 0.29) is 5.56 Å². The molecule has 3 aromatic rings. The number of thioether (sulfide) groups is 1. The maximum Gasteiger partial charge on any atom is 0.416 e.